The van der Waals surface area contributed by atoms with Gasteiger partial charge in [0.15, 0.2) is 11.0 Å². The predicted molar refractivity (Wildman–Crippen MR) is 129 cm³/mol. The molecule has 1 atom stereocenters. The molecule has 8 nitrogen and oxygen atoms in total. The average Bonchev–Trinajstić information content (AvgIpc) is 3.22. The molecule has 1 amide bonds. The Balaban J connectivity index is 1.32. The van der Waals surface area contributed by atoms with E-state index >= 15 is 0 Å². The molecule has 1 saturated carbocycles. The largest absolute Gasteiger partial charge is 0.376 e. The summed E-state index contributed by atoms with van der Waals surface area (Å²) in [4.78, 5) is 14.0. The molecule has 2 aliphatic rings. The zero-order valence-electron chi connectivity index (χ0n) is 18.7. The first-order chi connectivity index (χ1) is 16.1. The van der Waals surface area contributed by atoms with E-state index in [1.54, 1.807) is 11.3 Å². The van der Waals surface area contributed by atoms with Crippen molar-refractivity contribution in [3.05, 3.63) is 34.3 Å². The van der Waals surface area contributed by atoms with Gasteiger partial charge in [0.25, 0.3) is 0 Å². The van der Waals surface area contributed by atoms with E-state index in [0.717, 1.165) is 59.4 Å². The van der Waals surface area contributed by atoms with E-state index in [2.05, 4.69) is 26.2 Å². The standard InChI is InChI=1S/C23H26N6O2S2/c1-14-15(2)28(12-17-5-3-9-31-17)21(18(14)11-24)25-20(30)13-33-23-27-26-22(19-6-4-10-32-19)29(23)16-7-8-16/h4,6,10,16-17H,3,5,7-9,12-13H2,1-2H3,(H,25,30). The second kappa shape index (κ2) is 9.33. The lowest BCUT2D eigenvalue weighted by Crippen LogP contribution is -2.22. The van der Waals surface area contributed by atoms with Crippen LogP contribution in [-0.4, -0.2) is 43.7 Å². The fraction of sp³-hybridized carbons (Fsp3) is 0.478. The minimum Gasteiger partial charge on any atom is -0.376 e. The first-order valence-corrected chi connectivity index (χ1v) is 13.1. The van der Waals surface area contributed by atoms with Gasteiger partial charge in [-0.25, -0.2) is 0 Å². The molecule has 3 aromatic rings. The van der Waals surface area contributed by atoms with Crippen molar-refractivity contribution in [3.63, 3.8) is 0 Å². The van der Waals surface area contributed by atoms with Gasteiger partial charge in [0, 0.05) is 18.3 Å². The van der Waals surface area contributed by atoms with Crippen molar-refractivity contribution in [1.82, 2.24) is 19.3 Å². The molecule has 1 N–H and O–H groups in total. The first-order valence-electron chi connectivity index (χ1n) is 11.2. The fourth-order valence-corrected chi connectivity index (χ4v) is 5.77. The molecule has 2 fully saturated rings. The van der Waals surface area contributed by atoms with Crippen LogP contribution in [0.3, 0.4) is 0 Å². The van der Waals surface area contributed by atoms with Gasteiger partial charge in [-0.15, -0.1) is 21.5 Å². The van der Waals surface area contributed by atoms with Crippen molar-refractivity contribution in [2.45, 2.75) is 63.4 Å². The van der Waals surface area contributed by atoms with Gasteiger partial charge < -0.3 is 14.6 Å². The van der Waals surface area contributed by atoms with Gasteiger partial charge in [0.2, 0.25) is 5.91 Å². The lowest BCUT2D eigenvalue weighted by Gasteiger charge is -2.17. The number of rotatable bonds is 8. The molecule has 172 valence electrons. The highest BCUT2D eigenvalue weighted by Crippen LogP contribution is 2.41. The molecular formula is C23H26N6O2S2. The number of anilines is 1. The number of thiophene rings is 1. The molecule has 33 heavy (non-hydrogen) atoms. The van der Waals surface area contributed by atoms with Crippen LogP contribution in [0.15, 0.2) is 22.7 Å². The summed E-state index contributed by atoms with van der Waals surface area (Å²) in [6.07, 6.45) is 4.36. The van der Waals surface area contributed by atoms with Gasteiger partial charge in [0.1, 0.15) is 11.9 Å². The number of aromatic nitrogens is 4. The van der Waals surface area contributed by atoms with E-state index in [0.29, 0.717) is 24.0 Å². The summed E-state index contributed by atoms with van der Waals surface area (Å²) in [5, 5.41) is 24.3. The summed E-state index contributed by atoms with van der Waals surface area (Å²) < 4.78 is 9.98. The maximum absolute atomic E-state index is 13.0. The van der Waals surface area contributed by atoms with Crippen LogP contribution < -0.4 is 5.32 Å². The normalized spacial score (nSPS) is 17.9. The average molecular weight is 483 g/mol. The number of hydrogen-bond donors (Lipinski definition) is 1. The summed E-state index contributed by atoms with van der Waals surface area (Å²) in [7, 11) is 0. The summed E-state index contributed by atoms with van der Waals surface area (Å²) in [5.41, 5.74) is 2.40. The number of hydrogen-bond acceptors (Lipinski definition) is 7. The minimum atomic E-state index is -0.161. The van der Waals surface area contributed by atoms with Gasteiger partial charge in [-0.05, 0) is 56.5 Å². The van der Waals surface area contributed by atoms with Crippen LogP contribution >= 0.6 is 23.1 Å². The van der Waals surface area contributed by atoms with Crippen LogP contribution in [0.25, 0.3) is 10.7 Å². The highest BCUT2D eigenvalue weighted by molar-refractivity contribution is 7.99. The lowest BCUT2D eigenvalue weighted by atomic mass is 10.2. The Morgan fingerprint density at radius 3 is 2.88 bits per heavy atom. The number of ether oxygens (including phenoxy) is 1. The number of nitriles is 1. The van der Waals surface area contributed by atoms with Crippen molar-refractivity contribution in [3.8, 4) is 16.8 Å². The molecule has 0 radical (unpaired) electrons. The Labute approximate surface area is 201 Å². The molecule has 3 aromatic heterocycles. The predicted octanol–water partition coefficient (Wildman–Crippen LogP) is 4.54. The Bertz CT molecular complexity index is 1200. The molecule has 10 heteroatoms. The summed E-state index contributed by atoms with van der Waals surface area (Å²) >= 11 is 3.03. The highest BCUT2D eigenvalue weighted by atomic mass is 32.2. The quantitative estimate of drug-likeness (QED) is 0.473. The first kappa shape index (κ1) is 22.2. The smallest absolute Gasteiger partial charge is 0.235 e. The molecule has 1 aliphatic carbocycles. The topological polar surface area (TPSA) is 97.8 Å². The maximum Gasteiger partial charge on any atom is 0.235 e. The SMILES string of the molecule is Cc1c(C#N)c(NC(=O)CSc2nnc(-c3cccs3)n2C2CC2)n(CC2CCCO2)c1C. The van der Waals surface area contributed by atoms with E-state index in [1.807, 2.05) is 35.9 Å². The Hall–Kier alpha value is -2.61. The number of carbonyl (C=O) groups is 1. The van der Waals surface area contributed by atoms with Gasteiger partial charge in [0.05, 0.1) is 28.8 Å². The third-order valence-electron chi connectivity index (χ3n) is 6.26. The lowest BCUT2D eigenvalue weighted by molar-refractivity contribution is -0.113. The minimum absolute atomic E-state index is 0.111. The zero-order valence-corrected chi connectivity index (χ0v) is 20.3. The van der Waals surface area contributed by atoms with Gasteiger partial charge in [-0.3, -0.25) is 9.36 Å². The third kappa shape index (κ3) is 4.45. The maximum atomic E-state index is 13.0. The van der Waals surface area contributed by atoms with E-state index in [4.69, 9.17) is 4.74 Å². The van der Waals surface area contributed by atoms with Crippen molar-refractivity contribution >= 4 is 34.8 Å². The molecule has 0 bridgehead atoms. The Kier molecular flexibility index (Phi) is 6.27. The molecule has 0 spiro atoms. The van der Waals surface area contributed by atoms with E-state index in [-0.39, 0.29) is 17.8 Å². The van der Waals surface area contributed by atoms with Crippen molar-refractivity contribution in [1.29, 1.82) is 5.26 Å². The van der Waals surface area contributed by atoms with Crippen LogP contribution in [0.4, 0.5) is 5.82 Å². The van der Waals surface area contributed by atoms with Crippen molar-refractivity contribution in [2.75, 3.05) is 17.7 Å². The summed E-state index contributed by atoms with van der Waals surface area (Å²) in [5.74, 6) is 1.48. The number of carbonyl (C=O) groups excluding carboxylic acids is 1. The van der Waals surface area contributed by atoms with E-state index in [1.165, 1.54) is 11.8 Å². The number of nitrogens with zero attached hydrogens (tertiary/aromatic N) is 5. The molecule has 5 rings (SSSR count). The molecule has 1 unspecified atom stereocenters. The molecule has 1 saturated heterocycles. The number of thioether (sulfide) groups is 1. The van der Waals surface area contributed by atoms with Gasteiger partial charge in [-0.2, -0.15) is 5.26 Å². The Morgan fingerprint density at radius 2 is 2.21 bits per heavy atom. The molecule has 4 heterocycles. The number of nitrogens with one attached hydrogen (secondary N) is 1. The van der Waals surface area contributed by atoms with Crippen molar-refractivity contribution < 1.29 is 9.53 Å². The molecular weight excluding hydrogens is 456 g/mol. The summed E-state index contributed by atoms with van der Waals surface area (Å²) in [6, 6.07) is 6.73. The second-order valence-corrected chi connectivity index (χ2v) is 10.4. The van der Waals surface area contributed by atoms with Gasteiger partial charge in [-0.1, -0.05) is 17.8 Å². The fourth-order valence-electron chi connectivity index (χ4n) is 4.26. The monoisotopic (exact) mass is 482 g/mol. The number of amides is 1. The molecule has 0 aromatic carbocycles. The summed E-state index contributed by atoms with van der Waals surface area (Å²) in [6.45, 7) is 5.31. The molecule has 1 aliphatic heterocycles. The second-order valence-electron chi connectivity index (χ2n) is 8.51. The van der Waals surface area contributed by atoms with Crippen molar-refractivity contribution in [2.24, 2.45) is 0 Å². The van der Waals surface area contributed by atoms with Crippen LogP contribution in [0.2, 0.25) is 0 Å². The van der Waals surface area contributed by atoms with Crippen LogP contribution in [0.5, 0.6) is 0 Å². The van der Waals surface area contributed by atoms with Crippen LogP contribution in [-0.2, 0) is 16.1 Å². The van der Waals surface area contributed by atoms with E-state index in [9.17, 15) is 10.1 Å². The third-order valence-corrected chi connectivity index (χ3v) is 8.07. The van der Waals surface area contributed by atoms with Crippen LogP contribution in [0.1, 0.15) is 48.5 Å². The van der Waals surface area contributed by atoms with Gasteiger partial charge >= 0.3 is 0 Å². The highest BCUT2D eigenvalue weighted by Gasteiger charge is 2.31. The van der Waals surface area contributed by atoms with E-state index < -0.39 is 0 Å². The zero-order chi connectivity index (χ0) is 22.9. The van der Waals surface area contributed by atoms with Crippen LogP contribution in [0, 0.1) is 25.2 Å². The Morgan fingerprint density at radius 1 is 1.36 bits per heavy atom.